The molecular weight excluding hydrogens is 270 g/mol. The quantitative estimate of drug-likeness (QED) is 0.618. The van der Waals surface area contributed by atoms with Crippen molar-refractivity contribution in [2.45, 2.75) is 20.4 Å². The summed E-state index contributed by atoms with van der Waals surface area (Å²) in [6.45, 7) is 6.84. The van der Waals surface area contributed by atoms with Gasteiger partial charge in [0.25, 0.3) is 0 Å². The Balaban J connectivity index is 2.53. The van der Waals surface area contributed by atoms with Crippen molar-refractivity contribution in [2.75, 3.05) is 19.9 Å². The number of nitrogens with one attached hydrogen (secondary N) is 1. The first-order valence-corrected chi connectivity index (χ1v) is 6.27. The van der Waals surface area contributed by atoms with Gasteiger partial charge in [-0.1, -0.05) is 13.0 Å². The normalized spacial score (nSPS) is 10.4. The number of halogens is 1. The van der Waals surface area contributed by atoms with Crippen molar-refractivity contribution in [3.63, 3.8) is 0 Å². The van der Waals surface area contributed by atoms with E-state index in [1.807, 2.05) is 13.0 Å². The lowest BCUT2D eigenvalue weighted by atomic mass is 10.2. The molecule has 0 fully saturated rings. The van der Waals surface area contributed by atoms with E-state index in [1.165, 1.54) is 5.56 Å². The molecule has 0 aliphatic heterocycles. The van der Waals surface area contributed by atoms with Gasteiger partial charge < -0.3 is 14.8 Å². The van der Waals surface area contributed by atoms with E-state index in [4.69, 9.17) is 9.47 Å². The molecule has 0 unspecified atom stereocenters. The fourth-order valence-electron chi connectivity index (χ4n) is 1.23. The van der Waals surface area contributed by atoms with Gasteiger partial charge in [-0.05, 0) is 47.1 Å². The summed E-state index contributed by atoms with van der Waals surface area (Å²) in [5.41, 5.74) is 1.23. The van der Waals surface area contributed by atoms with E-state index < -0.39 is 0 Å². The maximum Gasteiger partial charge on any atom is 0.189 e. The van der Waals surface area contributed by atoms with Crippen LogP contribution in [-0.2, 0) is 11.3 Å². The number of hydrogen-bond donors (Lipinski definition) is 1. The predicted molar refractivity (Wildman–Crippen MR) is 68.6 cm³/mol. The van der Waals surface area contributed by atoms with Gasteiger partial charge >= 0.3 is 0 Å². The zero-order valence-electron chi connectivity index (χ0n) is 9.75. The van der Waals surface area contributed by atoms with Crippen LogP contribution in [0.25, 0.3) is 0 Å². The Morgan fingerprint density at radius 2 is 2.12 bits per heavy atom. The summed E-state index contributed by atoms with van der Waals surface area (Å²) in [6.07, 6.45) is 0. The average Bonchev–Trinajstić information content (AvgIpc) is 2.29. The van der Waals surface area contributed by atoms with Crippen LogP contribution in [-0.4, -0.2) is 19.9 Å². The van der Waals surface area contributed by atoms with E-state index in [-0.39, 0.29) is 0 Å². The molecule has 0 heterocycles. The van der Waals surface area contributed by atoms with E-state index >= 15 is 0 Å². The Kier molecular flexibility index (Phi) is 6.45. The lowest BCUT2D eigenvalue weighted by Crippen LogP contribution is -2.11. The minimum absolute atomic E-state index is 0.293. The summed E-state index contributed by atoms with van der Waals surface area (Å²) in [5, 5.41) is 3.28. The first kappa shape index (κ1) is 13.5. The molecule has 0 saturated carbocycles. The third kappa shape index (κ3) is 4.51. The van der Waals surface area contributed by atoms with Gasteiger partial charge in [0.1, 0.15) is 5.75 Å². The topological polar surface area (TPSA) is 30.5 Å². The highest BCUT2D eigenvalue weighted by Gasteiger charge is 2.02. The molecule has 0 aromatic heterocycles. The van der Waals surface area contributed by atoms with Gasteiger partial charge in [-0.25, -0.2) is 0 Å². The van der Waals surface area contributed by atoms with E-state index in [9.17, 15) is 0 Å². The average molecular weight is 288 g/mol. The van der Waals surface area contributed by atoms with Gasteiger partial charge in [-0.15, -0.1) is 0 Å². The van der Waals surface area contributed by atoms with Crippen molar-refractivity contribution in [3.8, 4) is 5.75 Å². The minimum Gasteiger partial charge on any atom is -0.466 e. The summed E-state index contributed by atoms with van der Waals surface area (Å²) in [4.78, 5) is 0. The number of ether oxygens (including phenoxy) is 2. The summed E-state index contributed by atoms with van der Waals surface area (Å²) < 4.78 is 11.5. The Morgan fingerprint density at radius 1 is 1.31 bits per heavy atom. The summed E-state index contributed by atoms with van der Waals surface area (Å²) >= 11 is 3.48. The minimum atomic E-state index is 0.293. The highest BCUT2D eigenvalue weighted by atomic mass is 79.9. The van der Waals surface area contributed by atoms with Gasteiger partial charge in [0, 0.05) is 13.2 Å². The molecule has 90 valence electrons. The van der Waals surface area contributed by atoms with Crippen LogP contribution in [0.5, 0.6) is 5.75 Å². The van der Waals surface area contributed by atoms with Crippen molar-refractivity contribution in [1.82, 2.24) is 5.32 Å². The maximum absolute atomic E-state index is 5.45. The first-order chi connectivity index (χ1) is 7.77. The van der Waals surface area contributed by atoms with E-state index in [0.29, 0.717) is 13.4 Å². The van der Waals surface area contributed by atoms with Crippen LogP contribution < -0.4 is 10.1 Å². The van der Waals surface area contributed by atoms with Crippen molar-refractivity contribution in [1.29, 1.82) is 0 Å². The molecule has 1 aromatic rings. The van der Waals surface area contributed by atoms with Gasteiger partial charge in [-0.2, -0.15) is 0 Å². The zero-order valence-corrected chi connectivity index (χ0v) is 11.3. The maximum atomic E-state index is 5.45. The highest BCUT2D eigenvalue weighted by molar-refractivity contribution is 9.10. The molecule has 0 radical (unpaired) electrons. The van der Waals surface area contributed by atoms with Crippen LogP contribution in [0.1, 0.15) is 19.4 Å². The Labute approximate surface area is 105 Å². The second-order valence-corrected chi connectivity index (χ2v) is 4.15. The Hall–Kier alpha value is -0.580. The molecule has 0 atom stereocenters. The molecule has 16 heavy (non-hydrogen) atoms. The third-order valence-electron chi connectivity index (χ3n) is 2.08. The Bertz CT molecular complexity index is 318. The fraction of sp³-hybridized carbons (Fsp3) is 0.500. The van der Waals surface area contributed by atoms with Crippen LogP contribution in [0.3, 0.4) is 0 Å². The summed E-state index contributed by atoms with van der Waals surface area (Å²) in [7, 11) is 0. The fourth-order valence-corrected chi connectivity index (χ4v) is 1.77. The lowest BCUT2D eigenvalue weighted by molar-refractivity contribution is 0.0219. The number of hydrogen-bond acceptors (Lipinski definition) is 3. The van der Waals surface area contributed by atoms with Crippen molar-refractivity contribution in [3.05, 3.63) is 28.2 Å². The largest absolute Gasteiger partial charge is 0.466 e. The second-order valence-electron chi connectivity index (χ2n) is 3.30. The molecule has 1 rings (SSSR count). The van der Waals surface area contributed by atoms with Crippen LogP contribution in [0.2, 0.25) is 0 Å². The van der Waals surface area contributed by atoms with Crippen molar-refractivity contribution < 1.29 is 9.47 Å². The monoisotopic (exact) mass is 287 g/mol. The van der Waals surface area contributed by atoms with Crippen LogP contribution >= 0.6 is 15.9 Å². The highest BCUT2D eigenvalue weighted by Crippen LogP contribution is 2.25. The second kappa shape index (κ2) is 7.65. The third-order valence-corrected chi connectivity index (χ3v) is 2.70. The van der Waals surface area contributed by atoms with E-state index in [1.54, 1.807) is 0 Å². The molecule has 1 N–H and O–H groups in total. The van der Waals surface area contributed by atoms with Gasteiger partial charge in [-0.3, -0.25) is 0 Å². The van der Waals surface area contributed by atoms with E-state index in [0.717, 1.165) is 23.3 Å². The van der Waals surface area contributed by atoms with Crippen LogP contribution in [0.4, 0.5) is 0 Å². The molecule has 3 nitrogen and oxygen atoms in total. The van der Waals surface area contributed by atoms with Crippen LogP contribution in [0.15, 0.2) is 22.7 Å². The molecule has 0 spiro atoms. The summed E-state index contributed by atoms with van der Waals surface area (Å²) in [5.74, 6) is 0.814. The molecule has 4 heteroatoms. The zero-order chi connectivity index (χ0) is 11.8. The smallest absolute Gasteiger partial charge is 0.189 e. The number of rotatable bonds is 7. The predicted octanol–water partition coefficient (Wildman–Crippen LogP) is 2.93. The molecule has 0 amide bonds. The number of benzene rings is 1. The molecule has 1 aromatic carbocycles. The Morgan fingerprint density at radius 3 is 2.75 bits per heavy atom. The van der Waals surface area contributed by atoms with Gasteiger partial charge in [0.15, 0.2) is 6.79 Å². The lowest BCUT2D eigenvalue weighted by Gasteiger charge is -2.09. The molecule has 0 bridgehead atoms. The van der Waals surface area contributed by atoms with Crippen molar-refractivity contribution in [2.24, 2.45) is 0 Å². The molecule has 0 saturated heterocycles. The standard InChI is InChI=1S/C12H18BrNO2/c1-3-14-8-10-5-6-12(11(13)7-10)16-9-15-4-2/h5-7,14H,3-4,8-9H2,1-2H3. The summed E-state index contributed by atoms with van der Waals surface area (Å²) in [6, 6.07) is 6.06. The molecule has 0 aliphatic rings. The van der Waals surface area contributed by atoms with E-state index in [2.05, 4.69) is 40.3 Å². The van der Waals surface area contributed by atoms with Crippen molar-refractivity contribution >= 4 is 15.9 Å². The first-order valence-electron chi connectivity index (χ1n) is 5.47. The molecule has 0 aliphatic carbocycles. The van der Waals surface area contributed by atoms with Crippen LogP contribution in [0, 0.1) is 0 Å². The molecular formula is C12H18BrNO2. The SMILES string of the molecule is CCNCc1ccc(OCOCC)c(Br)c1. The van der Waals surface area contributed by atoms with Gasteiger partial charge in [0.2, 0.25) is 0 Å². The van der Waals surface area contributed by atoms with Gasteiger partial charge in [0.05, 0.1) is 4.47 Å².